The van der Waals surface area contributed by atoms with Crippen molar-refractivity contribution in [3.63, 3.8) is 0 Å². The van der Waals surface area contributed by atoms with Gasteiger partial charge in [-0.05, 0) is 30.5 Å². The number of aliphatic hydroxyl groups is 1. The van der Waals surface area contributed by atoms with Gasteiger partial charge in [-0.25, -0.2) is 0 Å². The largest absolute Gasteiger partial charge is 0.516 e. The minimum absolute atomic E-state index is 0.775. The van der Waals surface area contributed by atoms with Crippen LogP contribution >= 0.6 is 0 Å². The van der Waals surface area contributed by atoms with Gasteiger partial charge in [0.1, 0.15) is 0 Å². The Hall–Kier alpha value is -1.50. The second-order valence-electron chi connectivity index (χ2n) is 2.79. The second-order valence-corrected chi connectivity index (χ2v) is 2.79. The molecule has 0 aromatic heterocycles. The Morgan fingerprint density at radius 3 is 2.77 bits per heavy atom. The summed E-state index contributed by atoms with van der Waals surface area (Å²) in [5, 5.41) is 8.55. The van der Waals surface area contributed by atoms with Gasteiger partial charge in [0.2, 0.25) is 0 Å². The van der Waals surface area contributed by atoms with Crippen LogP contribution in [0.4, 0.5) is 0 Å². The number of aliphatic hydroxyl groups excluding tert-OH is 1. The first kappa shape index (κ1) is 9.59. The van der Waals surface area contributed by atoms with Crippen molar-refractivity contribution in [1.82, 2.24) is 0 Å². The van der Waals surface area contributed by atoms with Crippen LogP contribution in [0.1, 0.15) is 18.1 Å². The van der Waals surface area contributed by atoms with E-state index in [2.05, 4.69) is 18.2 Å². The van der Waals surface area contributed by atoms with Gasteiger partial charge < -0.3 is 5.11 Å². The van der Waals surface area contributed by atoms with Gasteiger partial charge in [0.25, 0.3) is 0 Å². The predicted octanol–water partition coefficient (Wildman–Crippen LogP) is 3.33. The molecule has 1 heteroatoms. The summed E-state index contributed by atoms with van der Waals surface area (Å²) in [6.07, 6.45) is 7.69. The number of hydrogen-bond donors (Lipinski definition) is 1. The average Bonchev–Trinajstić information content (AvgIpc) is 2.17. The Morgan fingerprint density at radius 2 is 2.08 bits per heavy atom. The molecule has 13 heavy (non-hydrogen) atoms. The molecule has 1 aromatic carbocycles. The van der Waals surface area contributed by atoms with Crippen LogP contribution in [0, 0.1) is 0 Å². The van der Waals surface area contributed by atoms with E-state index in [4.69, 9.17) is 5.11 Å². The topological polar surface area (TPSA) is 20.2 Å². The molecular formula is C12H14O. The van der Waals surface area contributed by atoms with E-state index in [1.807, 2.05) is 25.1 Å². The molecule has 0 spiro atoms. The first-order valence-electron chi connectivity index (χ1n) is 4.38. The zero-order valence-electron chi connectivity index (χ0n) is 7.77. The first-order chi connectivity index (χ1) is 6.38. The molecule has 0 atom stereocenters. The molecule has 0 saturated carbocycles. The third-order valence-corrected chi connectivity index (χ3v) is 1.84. The number of rotatable bonds is 3. The zero-order chi connectivity index (χ0) is 9.52. The molecule has 1 N–H and O–H groups in total. The molecule has 0 fully saturated rings. The summed E-state index contributed by atoms with van der Waals surface area (Å²) in [5.41, 5.74) is 2.44. The van der Waals surface area contributed by atoms with Crippen molar-refractivity contribution in [2.24, 2.45) is 0 Å². The van der Waals surface area contributed by atoms with E-state index in [0.29, 0.717) is 0 Å². The van der Waals surface area contributed by atoms with Crippen molar-refractivity contribution in [2.75, 3.05) is 0 Å². The van der Waals surface area contributed by atoms with Crippen LogP contribution < -0.4 is 0 Å². The molecule has 0 amide bonds. The molecule has 0 aliphatic rings. The monoisotopic (exact) mass is 174 g/mol. The Morgan fingerprint density at radius 1 is 1.31 bits per heavy atom. The second kappa shape index (κ2) is 5.20. The smallest absolute Gasteiger partial charge is 0.0755 e. The molecule has 1 rings (SSSR count). The van der Waals surface area contributed by atoms with E-state index in [1.165, 1.54) is 11.1 Å². The number of allylic oxidation sites excluding steroid dienone is 2. The molecule has 0 heterocycles. The Balaban J connectivity index is 2.90. The zero-order valence-corrected chi connectivity index (χ0v) is 7.77. The highest BCUT2D eigenvalue weighted by Gasteiger charge is 1.94. The maximum atomic E-state index is 8.55. The van der Waals surface area contributed by atoms with E-state index in [9.17, 15) is 0 Å². The van der Waals surface area contributed by atoms with E-state index in [-0.39, 0.29) is 0 Å². The van der Waals surface area contributed by atoms with Crippen LogP contribution in [-0.4, -0.2) is 5.11 Å². The Bertz CT molecular complexity index is 311. The standard InChI is InChI=1S/C12H14O/c1-2-6-11-7-3-4-8-12(11)9-5-10-13/h2-8,10,13H,9H2,1H3. The average molecular weight is 174 g/mol. The van der Waals surface area contributed by atoms with Crippen molar-refractivity contribution in [3.8, 4) is 0 Å². The van der Waals surface area contributed by atoms with Gasteiger partial charge in [-0.2, -0.15) is 0 Å². The maximum absolute atomic E-state index is 8.55. The van der Waals surface area contributed by atoms with Crippen molar-refractivity contribution in [3.05, 3.63) is 53.8 Å². The predicted molar refractivity (Wildman–Crippen MR) is 56.6 cm³/mol. The highest BCUT2D eigenvalue weighted by Crippen LogP contribution is 2.11. The van der Waals surface area contributed by atoms with Gasteiger partial charge in [-0.3, -0.25) is 0 Å². The van der Waals surface area contributed by atoms with Crippen molar-refractivity contribution < 1.29 is 5.11 Å². The number of hydrogen-bond acceptors (Lipinski definition) is 1. The molecule has 68 valence electrons. The molecule has 0 radical (unpaired) electrons. The van der Waals surface area contributed by atoms with Gasteiger partial charge in [-0.15, -0.1) is 0 Å². The molecular weight excluding hydrogens is 160 g/mol. The van der Waals surface area contributed by atoms with Crippen LogP contribution in [0.5, 0.6) is 0 Å². The Kier molecular flexibility index (Phi) is 3.83. The lowest BCUT2D eigenvalue weighted by Crippen LogP contribution is -1.85. The highest BCUT2D eigenvalue weighted by atomic mass is 16.2. The summed E-state index contributed by atoms with van der Waals surface area (Å²) in [4.78, 5) is 0. The third-order valence-electron chi connectivity index (χ3n) is 1.84. The van der Waals surface area contributed by atoms with Gasteiger partial charge in [0, 0.05) is 0 Å². The fourth-order valence-corrected chi connectivity index (χ4v) is 1.24. The van der Waals surface area contributed by atoms with E-state index in [0.717, 1.165) is 12.7 Å². The van der Waals surface area contributed by atoms with Crippen LogP contribution in [0.2, 0.25) is 0 Å². The lowest BCUT2D eigenvalue weighted by Gasteiger charge is -2.01. The van der Waals surface area contributed by atoms with Crippen molar-refractivity contribution >= 4 is 6.08 Å². The number of benzene rings is 1. The summed E-state index contributed by atoms with van der Waals surface area (Å²) in [5.74, 6) is 0. The lowest BCUT2D eigenvalue weighted by molar-refractivity contribution is 0.471. The van der Waals surface area contributed by atoms with Crippen LogP contribution in [0.15, 0.2) is 42.7 Å². The van der Waals surface area contributed by atoms with Crippen LogP contribution in [-0.2, 0) is 6.42 Å². The third kappa shape index (κ3) is 2.79. The minimum atomic E-state index is 0.775. The molecule has 0 saturated heterocycles. The summed E-state index contributed by atoms with van der Waals surface area (Å²) < 4.78 is 0. The molecule has 0 unspecified atom stereocenters. The molecule has 0 bridgehead atoms. The van der Waals surface area contributed by atoms with Crippen LogP contribution in [0.3, 0.4) is 0 Å². The van der Waals surface area contributed by atoms with Crippen molar-refractivity contribution in [2.45, 2.75) is 13.3 Å². The molecule has 1 nitrogen and oxygen atoms in total. The first-order valence-corrected chi connectivity index (χ1v) is 4.38. The molecule has 1 aromatic rings. The van der Waals surface area contributed by atoms with E-state index >= 15 is 0 Å². The van der Waals surface area contributed by atoms with Gasteiger partial charge in [0.05, 0.1) is 6.26 Å². The summed E-state index contributed by atoms with van der Waals surface area (Å²) in [6.45, 7) is 2.00. The van der Waals surface area contributed by atoms with Gasteiger partial charge in [-0.1, -0.05) is 36.4 Å². The maximum Gasteiger partial charge on any atom is 0.0755 e. The normalized spacial score (nSPS) is 11.5. The minimum Gasteiger partial charge on any atom is -0.516 e. The lowest BCUT2D eigenvalue weighted by atomic mass is 10.0. The van der Waals surface area contributed by atoms with Gasteiger partial charge in [0.15, 0.2) is 0 Å². The SMILES string of the molecule is CC=Cc1ccccc1CC=CO. The summed E-state index contributed by atoms with van der Waals surface area (Å²) >= 11 is 0. The van der Waals surface area contributed by atoms with E-state index < -0.39 is 0 Å². The van der Waals surface area contributed by atoms with Gasteiger partial charge >= 0.3 is 0 Å². The fourth-order valence-electron chi connectivity index (χ4n) is 1.24. The molecule has 0 aliphatic carbocycles. The summed E-state index contributed by atoms with van der Waals surface area (Å²) in [6, 6.07) is 8.16. The molecule has 0 aliphatic heterocycles. The highest BCUT2D eigenvalue weighted by molar-refractivity contribution is 5.53. The quantitative estimate of drug-likeness (QED) is 0.697. The Labute approximate surface area is 79.0 Å². The fraction of sp³-hybridized carbons (Fsp3) is 0.167. The van der Waals surface area contributed by atoms with Crippen molar-refractivity contribution in [1.29, 1.82) is 0 Å². The van der Waals surface area contributed by atoms with Crippen LogP contribution in [0.25, 0.3) is 6.08 Å². The van der Waals surface area contributed by atoms with E-state index in [1.54, 1.807) is 6.08 Å². The summed E-state index contributed by atoms with van der Waals surface area (Å²) in [7, 11) is 0.